The van der Waals surface area contributed by atoms with Gasteiger partial charge in [0, 0.05) is 0 Å². The van der Waals surface area contributed by atoms with Gasteiger partial charge in [-0.1, -0.05) is 10.9 Å². The smallest absolute Gasteiger partial charge is 0.126 e. The molecular weight excluding hydrogens is 156 g/mol. The fourth-order valence-corrected chi connectivity index (χ4v) is 1.16. The lowest BCUT2D eigenvalue weighted by atomic mass is 10.2. The van der Waals surface area contributed by atoms with Gasteiger partial charge in [-0.3, -0.25) is 0 Å². The van der Waals surface area contributed by atoms with E-state index >= 15 is 0 Å². The van der Waals surface area contributed by atoms with Gasteiger partial charge < -0.3 is 9.94 Å². The number of phenolic OH excluding ortho intramolecular Hbond substituents is 1. The van der Waals surface area contributed by atoms with Gasteiger partial charge in [0.1, 0.15) is 18.4 Å². The molecule has 62 valence electrons. The summed E-state index contributed by atoms with van der Waals surface area (Å²) in [7, 11) is 1.52. The Morgan fingerprint density at radius 3 is 3.08 bits per heavy atom. The first-order valence-corrected chi connectivity index (χ1v) is 3.53. The molecule has 0 saturated heterocycles. The van der Waals surface area contributed by atoms with Gasteiger partial charge in [-0.25, -0.2) is 0 Å². The maximum atomic E-state index is 9.37. The maximum absolute atomic E-state index is 9.37. The highest BCUT2D eigenvalue weighted by Gasteiger charge is 2.04. The van der Waals surface area contributed by atoms with Crippen LogP contribution >= 0.6 is 0 Å². The molecule has 0 saturated carbocycles. The Morgan fingerprint density at radius 1 is 1.50 bits per heavy atom. The SMILES string of the molecule is COn1ncc2c(O)cccc21. The van der Waals surface area contributed by atoms with Crippen LogP contribution < -0.4 is 4.84 Å². The Bertz CT molecular complexity index is 408. The van der Waals surface area contributed by atoms with Crippen molar-refractivity contribution in [2.75, 3.05) is 7.11 Å². The second kappa shape index (κ2) is 2.41. The van der Waals surface area contributed by atoms with Crippen molar-refractivity contribution >= 4 is 10.9 Å². The monoisotopic (exact) mass is 164 g/mol. The second-order valence-corrected chi connectivity index (χ2v) is 2.41. The van der Waals surface area contributed by atoms with Crippen molar-refractivity contribution in [2.45, 2.75) is 0 Å². The highest BCUT2D eigenvalue weighted by molar-refractivity contribution is 5.84. The van der Waals surface area contributed by atoms with Crippen molar-refractivity contribution in [3.63, 3.8) is 0 Å². The molecule has 0 unspecified atom stereocenters. The van der Waals surface area contributed by atoms with E-state index in [1.807, 2.05) is 6.07 Å². The number of hydrogen-bond donors (Lipinski definition) is 1. The highest BCUT2D eigenvalue weighted by atomic mass is 16.7. The summed E-state index contributed by atoms with van der Waals surface area (Å²) in [6, 6.07) is 5.18. The largest absolute Gasteiger partial charge is 0.507 e. The molecule has 0 radical (unpaired) electrons. The minimum Gasteiger partial charge on any atom is -0.507 e. The van der Waals surface area contributed by atoms with Crippen LogP contribution in [0.3, 0.4) is 0 Å². The first-order valence-electron chi connectivity index (χ1n) is 3.53. The van der Waals surface area contributed by atoms with Crippen LogP contribution in [-0.4, -0.2) is 22.2 Å². The summed E-state index contributed by atoms with van der Waals surface area (Å²) >= 11 is 0. The molecule has 12 heavy (non-hydrogen) atoms. The van der Waals surface area contributed by atoms with Crippen molar-refractivity contribution in [3.05, 3.63) is 24.4 Å². The van der Waals surface area contributed by atoms with Gasteiger partial charge in [0.05, 0.1) is 11.6 Å². The number of rotatable bonds is 1. The average Bonchev–Trinajstić information content (AvgIpc) is 2.49. The topological polar surface area (TPSA) is 47.3 Å². The lowest BCUT2D eigenvalue weighted by molar-refractivity contribution is 0.145. The summed E-state index contributed by atoms with van der Waals surface area (Å²) in [4.78, 5) is 6.27. The summed E-state index contributed by atoms with van der Waals surface area (Å²) in [5.41, 5.74) is 0.762. The summed E-state index contributed by atoms with van der Waals surface area (Å²) < 4.78 is 0. The summed E-state index contributed by atoms with van der Waals surface area (Å²) in [5, 5.41) is 14.0. The molecule has 1 N–H and O–H groups in total. The van der Waals surface area contributed by atoms with E-state index in [0.29, 0.717) is 5.39 Å². The minimum atomic E-state index is 0.218. The molecule has 0 spiro atoms. The Hall–Kier alpha value is -1.71. The Labute approximate surface area is 68.9 Å². The van der Waals surface area contributed by atoms with Crippen LogP contribution in [-0.2, 0) is 0 Å². The zero-order valence-electron chi connectivity index (χ0n) is 6.56. The Morgan fingerprint density at radius 2 is 2.33 bits per heavy atom. The third-order valence-electron chi connectivity index (χ3n) is 1.73. The van der Waals surface area contributed by atoms with E-state index in [1.165, 1.54) is 12.0 Å². The van der Waals surface area contributed by atoms with E-state index in [4.69, 9.17) is 4.84 Å². The quantitative estimate of drug-likeness (QED) is 0.678. The van der Waals surface area contributed by atoms with Gasteiger partial charge in [-0.15, -0.1) is 5.10 Å². The van der Waals surface area contributed by atoms with E-state index in [0.717, 1.165) is 5.52 Å². The molecule has 0 bridgehead atoms. The van der Waals surface area contributed by atoms with E-state index in [1.54, 1.807) is 18.3 Å². The van der Waals surface area contributed by atoms with Crippen LogP contribution in [0, 0.1) is 0 Å². The molecule has 4 nitrogen and oxygen atoms in total. The number of hydrogen-bond acceptors (Lipinski definition) is 3. The van der Waals surface area contributed by atoms with Gasteiger partial charge in [-0.2, -0.15) is 0 Å². The van der Waals surface area contributed by atoms with E-state index in [9.17, 15) is 5.11 Å². The summed E-state index contributed by atoms with van der Waals surface area (Å²) in [5.74, 6) is 0.218. The van der Waals surface area contributed by atoms with E-state index in [2.05, 4.69) is 5.10 Å². The first-order chi connectivity index (χ1) is 5.83. The molecule has 4 heteroatoms. The average molecular weight is 164 g/mol. The highest BCUT2D eigenvalue weighted by Crippen LogP contribution is 2.22. The predicted molar refractivity (Wildman–Crippen MR) is 43.9 cm³/mol. The standard InChI is InChI=1S/C8H8N2O2/c1-12-10-7-3-2-4-8(11)6(7)5-9-10/h2-5,11H,1H3. The van der Waals surface area contributed by atoms with E-state index < -0.39 is 0 Å². The van der Waals surface area contributed by atoms with Crippen molar-refractivity contribution in [2.24, 2.45) is 0 Å². The molecule has 0 aliphatic carbocycles. The molecule has 0 fully saturated rings. The maximum Gasteiger partial charge on any atom is 0.126 e. The lowest BCUT2D eigenvalue weighted by Crippen LogP contribution is -2.06. The van der Waals surface area contributed by atoms with Crippen LogP contribution in [0.2, 0.25) is 0 Å². The normalized spacial score (nSPS) is 10.4. The van der Waals surface area contributed by atoms with Crippen LogP contribution in [0.15, 0.2) is 24.4 Å². The molecule has 0 aliphatic rings. The Kier molecular flexibility index (Phi) is 1.40. The number of nitrogens with zero attached hydrogens (tertiary/aromatic N) is 2. The van der Waals surface area contributed by atoms with Crippen LogP contribution in [0.5, 0.6) is 5.75 Å². The van der Waals surface area contributed by atoms with Gasteiger partial charge >= 0.3 is 0 Å². The van der Waals surface area contributed by atoms with Crippen LogP contribution in [0.1, 0.15) is 0 Å². The number of fused-ring (bicyclic) bond motifs is 1. The molecular formula is C8H8N2O2. The number of aromatic nitrogens is 2. The molecule has 2 aromatic rings. The number of benzene rings is 1. The molecule has 0 atom stereocenters. The Balaban J connectivity index is 2.80. The van der Waals surface area contributed by atoms with Crippen molar-refractivity contribution < 1.29 is 9.94 Å². The molecule has 2 rings (SSSR count). The van der Waals surface area contributed by atoms with Crippen LogP contribution in [0.25, 0.3) is 10.9 Å². The van der Waals surface area contributed by atoms with Gasteiger partial charge in [0.15, 0.2) is 0 Å². The van der Waals surface area contributed by atoms with Crippen molar-refractivity contribution in [3.8, 4) is 5.75 Å². The zero-order valence-corrected chi connectivity index (χ0v) is 6.56. The lowest BCUT2D eigenvalue weighted by Gasteiger charge is -1.98. The minimum absolute atomic E-state index is 0.218. The van der Waals surface area contributed by atoms with Gasteiger partial charge in [0.25, 0.3) is 0 Å². The predicted octanol–water partition coefficient (Wildman–Crippen LogP) is 0.800. The third-order valence-corrected chi connectivity index (χ3v) is 1.73. The van der Waals surface area contributed by atoms with Crippen molar-refractivity contribution in [1.29, 1.82) is 0 Å². The first kappa shape index (κ1) is 6.97. The number of phenols is 1. The summed E-state index contributed by atoms with van der Waals surface area (Å²) in [6.45, 7) is 0. The van der Waals surface area contributed by atoms with Gasteiger partial charge in [0.2, 0.25) is 0 Å². The molecule has 0 aliphatic heterocycles. The van der Waals surface area contributed by atoms with Crippen LogP contribution in [0.4, 0.5) is 0 Å². The number of aromatic hydroxyl groups is 1. The molecule has 1 aromatic heterocycles. The van der Waals surface area contributed by atoms with Crippen molar-refractivity contribution in [1.82, 2.24) is 9.94 Å². The second-order valence-electron chi connectivity index (χ2n) is 2.41. The zero-order chi connectivity index (χ0) is 8.55. The van der Waals surface area contributed by atoms with E-state index in [-0.39, 0.29) is 5.75 Å². The molecule has 1 heterocycles. The van der Waals surface area contributed by atoms with Gasteiger partial charge in [-0.05, 0) is 12.1 Å². The molecule has 0 amide bonds. The fraction of sp³-hybridized carbons (Fsp3) is 0.125. The molecule has 1 aromatic carbocycles. The fourth-order valence-electron chi connectivity index (χ4n) is 1.16. The third kappa shape index (κ3) is 0.812. The summed E-state index contributed by atoms with van der Waals surface area (Å²) in [6.07, 6.45) is 1.56.